The van der Waals surface area contributed by atoms with E-state index in [1.165, 1.54) is 0 Å². The predicted octanol–water partition coefficient (Wildman–Crippen LogP) is 3.75. The van der Waals surface area contributed by atoms with Gasteiger partial charge >= 0.3 is 11.9 Å². The molecular formula is C19H20F3N5O4. The molecule has 9 nitrogen and oxygen atoms in total. The average Bonchev–Trinajstić information content (AvgIpc) is 2.73. The molecule has 0 amide bonds. The summed E-state index contributed by atoms with van der Waals surface area (Å²) >= 11 is 0. The zero-order chi connectivity index (χ0) is 22.4. The molecule has 0 aliphatic carbocycles. The van der Waals surface area contributed by atoms with Crippen molar-refractivity contribution in [1.29, 1.82) is 0 Å². The maximum absolute atomic E-state index is 12.7. The highest BCUT2D eigenvalue weighted by atomic mass is 19.4. The maximum atomic E-state index is 12.7. The summed E-state index contributed by atoms with van der Waals surface area (Å²) in [6, 6.07) is 3.99. The Morgan fingerprint density at radius 3 is 2.52 bits per heavy atom. The second kappa shape index (κ2) is 9.69. The Morgan fingerprint density at radius 1 is 1.26 bits per heavy atom. The Kier molecular flexibility index (Phi) is 7.00. The standard InChI is InChI=1S/C19H20F3N5O4/c20-19(21,22)13-1-3-14(4-2-13)26-18-17(27(29)30)16(24-10-25-18)15(31-11-28)9-12-5-7-23-8-6-12/h1-4,10-12,15,23H,5-9H2,(H,24,25,26). The van der Waals surface area contributed by atoms with E-state index in [2.05, 4.69) is 20.6 Å². The van der Waals surface area contributed by atoms with Crippen molar-refractivity contribution in [3.05, 3.63) is 52.0 Å². The lowest BCUT2D eigenvalue weighted by atomic mass is 9.90. The van der Waals surface area contributed by atoms with Gasteiger partial charge in [-0.3, -0.25) is 14.9 Å². The van der Waals surface area contributed by atoms with E-state index in [0.29, 0.717) is 6.42 Å². The van der Waals surface area contributed by atoms with Crippen molar-refractivity contribution in [2.75, 3.05) is 18.4 Å². The van der Waals surface area contributed by atoms with E-state index in [1.54, 1.807) is 0 Å². The van der Waals surface area contributed by atoms with E-state index >= 15 is 0 Å². The van der Waals surface area contributed by atoms with Crippen LogP contribution in [0.15, 0.2) is 30.6 Å². The number of nitrogens with zero attached hydrogens (tertiary/aromatic N) is 3. The van der Waals surface area contributed by atoms with Crippen LogP contribution < -0.4 is 10.6 Å². The summed E-state index contributed by atoms with van der Waals surface area (Å²) in [4.78, 5) is 30.0. The molecule has 2 heterocycles. The Morgan fingerprint density at radius 2 is 1.94 bits per heavy atom. The Bertz CT molecular complexity index is 918. The van der Waals surface area contributed by atoms with Crippen LogP contribution >= 0.6 is 0 Å². The molecule has 0 bridgehead atoms. The minimum Gasteiger partial charge on any atom is -0.458 e. The number of aromatic nitrogens is 2. The molecule has 2 aromatic rings. The molecule has 0 saturated carbocycles. The van der Waals surface area contributed by atoms with Crippen molar-refractivity contribution in [2.45, 2.75) is 31.5 Å². The smallest absolute Gasteiger partial charge is 0.416 e. The van der Waals surface area contributed by atoms with Crippen LogP contribution in [0.2, 0.25) is 0 Å². The fourth-order valence-electron chi connectivity index (χ4n) is 3.50. The topological polar surface area (TPSA) is 119 Å². The second-order valence-electron chi connectivity index (χ2n) is 7.06. The summed E-state index contributed by atoms with van der Waals surface area (Å²) in [6.45, 7) is 1.82. The molecule has 1 aliphatic rings. The largest absolute Gasteiger partial charge is 0.458 e. The Labute approximate surface area is 175 Å². The Hall–Kier alpha value is -3.28. The molecule has 1 aliphatic heterocycles. The molecule has 2 N–H and O–H groups in total. The number of anilines is 2. The van der Waals surface area contributed by atoms with Crippen LogP contribution in [0.4, 0.5) is 30.4 Å². The average molecular weight is 439 g/mol. The van der Waals surface area contributed by atoms with Crippen LogP contribution in [0.25, 0.3) is 0 Å². The number of nitrogens with one attached hydrogen (secondary N) is 2. The van der Waals surface area contributed by atoms with E-state index in [4.69, 9.17) is 4.74 Å². The van der Waals surface area contributed by atoms with E-state index in [1.807, 2.05) is 0 Å². The zero-order valence-electron chi connectivity index (χ0n) is 16.3. The summed E-state index contributed by atoms with van der Waals surface area (Å²) < 4.78 is 43.4. The lowest BCUT2D eigenvalue weighted by Gasteiger charge is -2.25. The third-order valence-electron chi connectivity index (χ3n) is 5.04. The van der Waals surface area contributed by atoms with Gasteiger partial charge < -0.3 is 15.4 Å². The number of nitro groups is 1. The zero-order valence-corrected chi connectivity index (χ0v) is 16.3. The fraction of sp³-hybridized carbons (Fsp3) is 0.421. The van der Waals surface area contributed by atoms with Crippen molar-refractivity contribution in [3.63, 3.8) is 0 Å². The monoisotopic (exact) mass is 439 g/mol. The number of halogens is 3. The number of alkyl halides is 3. The van der Waals surface area contributed by atoms with Gasteiger partial charge in [0.05, 0.1) is 10.5 Å². The summed E-state index contributed by atoms with van der Waals surface area (Å²) in [5.41, 5.74) is -1.24. The van der Waals surface area contributed by atoms with Gasteiger partial charge in [0.2, 0.25) is 5.82 Å². The molecular weight excluding hydrogens is 419 g/mol. The normalized spacial score (nSPS) is 15.8. The summed E-state index contributed by atoms with van der Waals surface area (Å²) in [5, 5.41) is 17.7. The molecule has 166 valence electrons. The minimum atomic E-state index is -4.50. The molecule has 3 rings (SSSR count). The van der Waals surface area contributed by atoms with Gasteiger partial charge in [-0.2, -0.15) is 13.2 Å². The van der Waals surface area contributed by atoms with E-state index in [9.17, 15) is 28.1 Å². The molecule has 1 aromatic heterocycles. The highest BCUT2D eigenvalue weighted by Crippen LogP contribution is 2.37. The van der Waals surface area contributed by atoms with Gasteiger partial charge in [-0.25, -0.2) is 9.97 Å². The van der Waals surface area contributed by atoms with Crippen LogP contribution in [0.1, 0.15) is 36.6 Å². The highest BCUT2D eigenvalue weighted by molar-refractivity contribution is 5.67. The van der Waals surface area contributed by atoms with Gasteiger partial charge in [0, 0.05) is 5.69 Å². The number of hydrogen-bond donors (Lipinski definition) is 2. The lowest BCUT2D eigenvalue weighted by Crippen LogP contribution is -2.29. The summed E-state index contributed by atoms with van der Waals surface area (Å²) in [6.07, 6.45) is -2.35. The molecule has 12 heteroatoms. The van der Waals surface area contributed by atoms with Crippen LogP contribution in [0.3, 0.4) is 0 Å². The first-order valence-corrected chi connectivity index (χ1v) is 9.53. The van der Waals surface area contributed by atoms with E-state index in [0.717, 1.165) is 56.5 Å². The molecule has 1 saturated heterocycles. The van der Waals surface area contributed by atoms with E-state index in [-0.39, 0.29) is 29.6 Å². The molecule has 0 spiro atoms. The van der Waals surface area contributed by atoms with Crippen LogP contribution in [-0.4, -0.2) is 34.5 Å². The van der Waals surface area contributed by atoms with Crippen molar-refractivity contribution in [1.82, 2.24) is 15.3 Å². The van der Waals surface area contributed by atoms with Crippen molar-refractivity contribution >= 4 is 23.7 Å². The highest BCUT2D eigenvalue weighted by Gasteiger charge is 2.33. The maximum Gasteiger partial charge on any atom is 0.416 e. The number of hydrogen-bond acceptors (Lipinski definition) is 8. The number of rotatable bonds is 8. The van der Waals surface area contributed by atoms with Gasteiger partial charge in [0.1, 0.15) is 6.33 Å². The van der Waals surface area contributed by atoms with Crippen molar-refractivity contribution < 1.29 is 27.6 Å². The number of carbonyl (C=O) groups excluding carboxylic acids is 1. The molecule has 0 radical (unpaired) electrons. The fourth-order valence-corrected chi connectivity index (χ4v) is 3.50. The quantitative estimate of drug-likeness (QED) is 0.363. The van der Waals surface area contributed by atoms with Crippen LogP contribution in [0.5, 0.6) is 0 Å². The van der Waals surface area contributed by atoms with Gasteiger partial charge in [0.25, 0.3) is 6.47 Å². The third kappa shape index (κ3) is 5.66. The molecule has 31 heavy (non-hydrogen) atoms. The van der Waals surface area contributed by atoms with Crippen molar-refractivity contribution in [2.24, 2.45) is 5.92 Å². The number of carbonyl (C=O) groups is 1. The van der Waals surface area contributed by atoms with Crippen LogP contribution in [0, 0.1) is 16.0 Å². The first-order valence-electron chi connectivity index (χ1n) is 9.53. The predicted molar refractivity (Wildman–Crippen MR) is 104 cm³/mol. The van der Waals surface area contributed by atoms with Gasteiger partial charge in [-0.15, -0.1) is 0 Å². The Balaban J connectivity index is 1.90. The number of ether oxygens (including phenoxy) is 1. The van der Waals surface area contributed by atoms with Crippen LogP contribution in [-0.2, 0) is 15.7 Å². The first kappa shape index (κ1) is 22.4. The van der Waals surface area contributed by atoms with Gasteiger partial charge in [-0.05, 0) is 62.5 Å². The first-order chi connectivity index (χ1) is 14.8. The third-order valence-corrected chi connectivity index (χ3v) is 5.04. The number of piperidine rings is 1. The SMILES string of the molecule is O=COC(CC1CCNCC1)c1ncnc(Nc2ccc(C(F)(F)F)cc2)c1[N+](=O)[O-]. The summed E-state index contributed by atoms with van der Waals surface area (Å²) in [7, 11) is 0. The van der Waals surface area contributed by atoms with E-state index < -0.39 is 28.5 Å². The lowest BCUT2D eigenvalue weighted by molar-refractivity contribution is -0.385. The summed E-state index contributed by atoms with van der Waals surface area (Å²) in [5.74, 6) is -0.0216. The minimum absolute atomic E-state index is 0.0694. The molecule has 1 atom stereocenters. The molecule has 1 aromatic carbocycles. The molecule has 1 fully saturated rings. The van der Waals surface area contributed by atoms with Crippen molar-refractivity contribution in [3.8, 4) is 0 Å². The number of benzene rings is 1. The van der Waals surface area contributed by atoms with Gasteiger partial charge in [-0.1, -0.05) is 0 Å². The van der Waals surface area contributed by atoms with Gasteiger partial charge in [0.15, 0.2) is 11.8 Å². The second-order valence-corrected chi connectivity index (χ2v) is 7.06. The molecule has 1 unspecified atom stereocenters.